The van der Waals surface area contributed by atoms with Gasteiger partial charge in [0.25, 0.3) is 0 Å². The molecule has 1 unspecified atom stereocenters. The summed E-state index contributed by atoms with van der Waals surface area (Å²) in [5, 5.41) is 7.33. The summed E-state index contributed by atoms with van der Waals surface area (Å²) < 4.78 is 10.8. The van der Waals surface area contributed by atoms with Crippen LogP contribution < -0.4 is 5.32 Å². The van der Waals surface area contributed by atoms with E-state index in [-0.39, 0.29) is 18.1 Å². The normalized spacial score (nSPS) is 23.6. The van der Waals surface area contributed by atoms with Crippen LogP contribution in [-0.2, 0) is 16.1 Å². The van der Waals surface area contributed by atoms with Crippen molar-refractivity contribution in [1.82, 2.24) is 25.3 Å². The van der Waals surface area contributed by atoms with Crippen LogP contribution in [0.2, 0.25) is 0 Å². The zero-order valence-electron chi connectivity index (χ0n) is 15.2. The molecule has 2 aliphatic heterocycles. The molecule has 1 aromatic rings. The Morgan fingerprint density at radius 2 is 2.16 bits per heavy atom. The topological polar surface area (TPSA) is 83.7 Å². The molecule has 3 rings (SSSR count). The van der Waals surface area contributed by atoms with Crippen molar-refractivity contribution in [3.63, 3.8) is 0 Å². The average Bonchev–Trinajstić information content (AvgIpc) is 3.11. The Bertz CT molecular complexity index is 550. The smallest absolute Gasteiger partial charge is 0.240 e. The summed E-state index contributed by atoms with van der Waals surface area (Å²) in [6.45, 7) is 9.24. The number of hydrogen-bond acceptors (Lipinski definition) is 7. The van der Waals surface area contributed by atoms with Crippen molar-refractivity contribution in [2.45, 2.75) is 51.8 Å². The van der Waals surface area contributed by atoms with Gasteiger partial charge in [-0.3, -0.25) is 9.69 Å². The maximum Gasteiger partial charge on any atom is 0.240 e. The van der Waals surface area contributed by atoms with E-state index in [9.17, 15) is 4.79 Å². The van der Waals surface area contributed by atoms with Gasteiger partial charge in [-0.25, -0.2) is 0 Å². The third kappa shape index (κ3) is 4.77. The molecule has 2 aliphatic rings. The molecule has 0 radical (unpaired) electrons. The lowest BCUT2D eigenvalue weighted by atomic mass is 10.0. The van der Waals surface area contributed by atoms with E-state index < -0.39 is 0 Å². The average molecular weight is 351 g/mol. The van der Waals surface area contributed by atoms with Crippen molar-refractivity contribution in [2.24, 2.45) is 0 Å². The molecule has 0 bridgehead atoms. The van der Waals surface area contributed by atoms with Crippen LogP contribution in [0.25, 0.3) is 0 Å². The summed E-state index contributed by atoms with van der Waals surface area (Å²) in [4.78, 5) is 21.2. The molecular formula is C17H29N5O3. The van der Waals surface area contributed by atoms with Crippen LogP contribution in [0.4, 0.5) is 0 Å². The van der Waals surface area contributed by atoms with Crippen molar-refractivity contribution in [2.75, 3.05) is 39.3 Å². The first-order chi connectivity index (χ1) is 12.2. The summed E-state index contributed by atoms with van der Waals surface area (Å²) in [6.07, 6.45) is 3.12. The van der Waals surface area contributed by atoms with E-state index in [1.54, 1.807) is 0 Å². The molecule has 0 saturated carbocycles. The van der Waals surface area contributed by atoms with E-state index in [2.05, 4.69) is 20.4 Å². The fourth-order valence-electron chi connectivity index (χ4n) is 3.42. The molecule has 1 N–H and O–H groups in total. The van der Waals surface area contributed by atoms with E-state index in [0.717, 1.165) is 45.6 Å². The first kappa shape index (κ1) is 18.3. The third-order valence-corrected chi connectivity index (χ3v) is 4.92. The molecule has 8 nitrogen and oxygen atoms in total. The summed E-state index contributed by atoms with van der Waals surface area (Å²) in [5.74, 6) is 1.45. The van der Waals surface area contributed by atoms with Gasteiger partial charge >= 0.3 is 0 Å². The van der Waals surface area contributed by atoms with Gasteiger partial charge in [0.1, 0.15) is 6.10 Å². The van der Waals surface area contributed by atoms with Gasteiger partial charge in [-0.05, 0) is 33.2 Å². The number of carbonyl (C=O) groups is 1. The number of ether oxygens (including phenoxy) is 1. The lowest BCUT2D eigenvalue weighted by Gasteiger charge is -2.36. The Morgan fingerprint density at radius 3 is 2.84 bits per heavy atom. The van der Waals surface area contributed by atoms with Gasteiger partial charge in [-0.15, -0.1) is 0 Å². The molecule has 0 aromatic carbocycles. The van der Waals surface area contributed by atoms with Crippen molar-refractivity contribution >= 4 is 5.91 Å². The third-order valence-electron chi connectivity index (χ3n) is 4.92. The maximum atomic E-state index is 12.5. The van der Waals surface area contributed by atoms with Crippen LogP contribution in [0.1, 0.15) is 50.9 Å². The standard InChI is InChI=1S/C17H29N5O3/c1-3-24-13(2)16-19-15(25-20-16)12-21-8-10-22(11-9-21)17(23)14-6-4-5-7-18-14/h13-14,18H,3-12H2,1-2H3/t13?,14-/m1/s1. The number of piperazine rings is 1. The lowest BCUT2D eigenvalue weighted by molar-refractivity contribution is -0.135. The molecule has 3 heterocycles. The monoisotopic (exact) mass is 351 g/mol. The molecule has 8 heteroatoms. The quantitative estimate of drug-likeness (QED) is 0.817. The summed E-state index contributed by atoms with van der Waals surface area (Å²) >= 11 is 0. The van der Waals surface area contributed by atoms with E-state index in [0.29, 0.717) is 24.9 Å². The van der Waals surface area contributed by atoms with Crippen molar-refractivity contribution in [3.8, 4) is 0 Å². The van der Waals surface area contributed by atoms with Gasteiger partial charge in [-0.2, -0.15) is 4.98 Å². The van der Waals surface area contributed by atoms with Gasteiger partial charge in [0, 0.05) is 32.8 Å². The van der Waals surface area contributed by atoms with Crippen LogP contribution in [0, 0.1) is 0 Å². The molecule has 1 aromatic heterocycles. The zero-order valence-corrected chi connectivity index (χ0v) is 15.2. The van der Waals surface area contributed by atoms with E-state index >= 15 is 0 Å². The number of nitrogens with one attached hydrogen (secondary N) is 1. The van der Waals surface area contributed by atoms with Gasteiger partial charge < -0.3 is 19.5 Å². The number of amides is 1. The number of rotatable bonds is 6. The largest absolute Gasteiger partial charge is 0.371 e. The van der Waals surface area contributed by atoms with Crippen LogP contribution in [0.15, 0.2) is 4.52 Å². The minimum Gasteiger partial charge on any atom is -0.371 e. The second kappa shape index (κ2) is 8.73. The molecule has 0 aliphatic carbocycles. The number of hydrogen-bond donors (Lipinski definition) is 1. The van der Waals surface area contributed by atoms with Crippen molar-refractivity contribution in [1.29, 1.82) is 0 Å². The predicted octanol–water partition coefficient (Wildman–Crippen LogP) is 0.953. The fourth-order valence-corrected chi connectivity index (χ4v) is 3.42. The molecular weight excluding hydrogens is 322 g/mol. The Morgan fingerprint density at radius 1 is 1.36 bits per heavy atom. The number of aromatic nitrogens is 2. The summed E-state index contributed by atoms with van der Waals surface area (Å²) in [7, 11) is 0. The van der Waals surface area contributed by atoms with E-state index in [1.807, 2.05) is 18.7 Å². The van der Waals surface area contributed by atoms with E-state index in [1.165, 1.54) is 6.42 Å². The van der Waals surface area contributed by atoms with Crippen LogP contribution in [0.5, 0.6) is 0 Å². The highest BCUT2D eigenvalue weighted by molar-refractivity contribution is 5.82. The van der Waals surface area contributed by atoms with Crippen molar-refractivity contribution < 1.29 is 14.1 Å². The van der Waals surface area contributed by atoms with Crippen LogP contribution in [-0.4, -0.2) is 71.2 Å². The Labute approximate surface area is 148 Å². The van der Waals surface area contributed by atoms with Crippen LogP contribution in [0.3, 0.4) is 0 Å². The number of nitrogens with zero attached hydrogens (tertiary/aromatic N) is 4. The SMILES string of the molecule is CCOC(C)c1noc(CN2CCN(C(=O)[C@H]3CCCCN3)CC2)n1. The summed E-state index contributed by atoms with van der Waals surface area (Å²) in [5.41, 5.74) is 0. The first-order valence-electron chi connectivity index (χ1n) is 9.36. The Kier molecular flexibility index (Phi) is 6.39. The maximum absolute atomic E-state index is 12.5. The van der Waals surface area contributed by atoms with Gasteiger partial charge in [-0.1, -0.05) is 11.6 Å². The van der Waals surface area contributed by atoms with Crippen LogP contribution >= 0.6 is 0 Å². The van der Waals surface area contributed by atoms with Gasteiger partial charge in [0.15, 0.2) is 5.82 Å². The lowest BCUT2D eigenvalue weighted by Crippen LogP contribution is -2.54. The Hall–Kier alpha value is -1.51. The summed E-state index contributed by atoms with van der Waals surface area (Å²) in [6, 6.07) is 0.0128. The predicted molar refractivity (Wildman–Crippen MR) is 91.8 cm³/mol. The molecule has 2 saturated heterocycles. The molecule has 25 heavy (non-hydrogen) atoms. The Balaban J connectivity index is 1.45. The highest BCUT2D eigenvalue weighted by Gasteiger charge is 2.28. The molecule has 2 fully saturated rings. The molecule has 140 valence electrons. The minimum atomic E-state index is -0.153. The van der Waals surface area contributed by atoms with Crippen molar-refractivity contribution in [3.05, 3.63) is 11.7 Å². The number of piperidine rings is 1. The minimum absolute atomic E-state index is 0.0128. The highest BCUT2D eigenvalue weighted by atomic mass is 16.5. The van der Waals surface area contributed by atoms with E-state index in [4.69, 9.17) is 9.26 Å². The van der Waals surface area contributed by atoms with Gasteiger partial charge in [0.2, 0.25) is 11.8 Å². The number of carbonyl (C=O) groups excluding carboxylic acids is 1. The van der Waals surface area contributed by atoms with Gasteiger partial charge in [0.05, 0.1) is 12.6 Å². The first-order valence-corrected chi connectivity index (χ1v) is 9.36. The second-order valence-electron chi connectivity index (χ2n) is 6.75. The molecule has 1 amide bonds. The highest BCUT2D eigenvalue weighted by Crippen LogP contribution is 2.15. The zero-order chi connectivity index (χ0) is 17.6. The fraction of sp³-hybridized carbons (Fsp3) is 0.824. The second-order valence-corrected chi connectivity index (χ2v) is 6.75. The molecule has 0 spiro atoms. The molecule has 2 atom stereocenters.